The van der Waals surface area contributed by atoms with Crippen LogP contribution in [0, 0.1) is 3.57 Å². The zero-order chi connectivity index (χ0) is 72.1. The molecular formula is C79H89IN12O11. The Balaban J connectivity index is 0.000000140. The maximum Gasteiger partial charge on any atom is 0.248 e. The summed E-state index contributed by atoms with van der Waals surface area (Å²) in [6.07, 6.45) is 27.1. The van der Waals surface area contributed by atoms with Crippen LogP contribution in [-0.2, 0) is 64.0 Å². The van der Waals surface area contributed by atoms with E-state index in [-0.39, 0.29) is 86.5 Å². The predicted octanol–water partition coefficient (Wildman–Crippen LogP) is 9.60. The molecule has 8 aliphatic heterocycles. The SMILES string of the molecule is C.CCC(=O)c1cccc2c1CCN1C(=O)CN=C(n3cnc(C4CCC4)c3)C=C21.CCC(=O)c1cccc2c1CCN1C(=O)CNC(=O)C=C21.CCC(O)c1cccc2c1CCN1C(=O)CNC(=O)C=C21.CCC=O.O=C1C=C2c3cccc(I)c3CCN2C(=O)CN1.c1ncc(C2CCC2)[nH]1. The molecule has 1 unspecified atom stereocenters. The topological polar surface area (TPSA) is 299 Å². The van der Waals surface area contributed by atoms with E-state index >= 15 is 0 Å². The van der Waals surface area contributed by atoms with E-state index in [0.29, 0.717) is 99.8 Å². The first kappa shape index (κ1) is 75.6. The summed E-state index contributed by atoms with van der Waals surface area (Å²) in [5.41, 5.74) is 15.5. The number of aromatic amines is 1. The van der Waals surface area contributed by atoms with Gasteiger partial charge in [-0.15, -0.1) is 0 Å². The first-order chi connectivity index (χ1) is 49.4. The summed E-state index contributed by atoms with van der Waals surface area (Å²) in [5, 5.41) is 17.9. The quantitative estimate of drug-likeness (QED) is 0.0512. The van der Waals surface area contributed by atoms with E-state index in [1.165, 1.54) is 71.6 Å². The van der Waals surface area contributed by atoms with E-state index < -0.39 is 6.10 Å². The highest BCUT2D eigenvalue weighted by Gasteiger charge is 2.35. The predicted molar refractivity (Wildman–Crippen MR) is 400 cm³/mol. The van der Waals surface area contributed by atoms with Crippen LogP contribution in [0.15, 0.2) is 127 Å². The van der Waals surface area contributed by atoms with Crippen LogP contribution >= 0.6 is 22.6 Å². The maximum absolute atomic E-state index is 12.8. The van der Waals surface area contributed by atoms with Gasteiger partial charge in [-0.2, -0.15) is 0 Å². The number of benzene rings is 4. The smallest absolute Gasteiger partial charge is 0.248 e. The van der Waals surface area contributed by atoms with Gasteiger partial charge in [0, 0.05) is 137 Å². The molecule has 2 aliphatic carbocycles. The molecule has 10 aliphatic rings. The first-order valence-electron chi connectivity index (χ1n) is 35.2. The van der Waals surface area contributed by atoms with Gasteiger partial charge in [0.2, 0.25) is 41.4 Å². The average molecular weight is 1510 g/mol. The molecular weight excluding hydrogens is 1420 g/mol. The molecule has 103 heavy (non-hydrogen) atoms. The van der Waals surface area contributed by atoms with E-state index in [1.807, 2.05) is 122 Å². The third kappa shape index (κ3) is 17.0. The fourth-order valence-electron chi connectivity index (χ4n) is 13.9. The number of Topliss-reactive ketones (excluding diaryl/α,β-unsaturated/α-hetero) is 2. The number of carbonyl (C=O) groups is 10. The molecule has 1 atom stereocenters. The lowest BCUT2D eigenvalue weighted by Gasteiger charge is -2.32. The number of imidazole rings is 2. The molecule has 2 fully saturated rings. The van der Waals surface area contributed by atoms with E-state index in [9.17, 15) is 53.1 Å². The fourth-order valence-corrected chi connectivity index (χ4v) is 14.6. The minimum absolute atomic E-state index is 0. The summed E-state index contributed by atoms with van der Waals surface area (Å²) in [7, 11) is 0. The second kappa shape index (κ2) is 34.7. The Hall–Kier alpha value is -10.1. The average Bonchev–Trinajstić information content (AvgIpc) is 1.77. The van der Waals surface area contributed by atoms with Gasteiger partial charge >= 0.3 is 0 Å². The number of hydrogen-bond donors (Lipinski definition) is 5. The number of allylic oxidation sites excluding steroid dienone is 1. The number of ketones is 2. The molecule has 2 saturated carbocycles. The zero-order valence-electron chi connectivity index (χ0n) is 57.9. The number of nitrogens with zero attached hydrogens (tertiary/aromatic N) is 8. The molecule has 0 radical (unpaired) electrons. The molecule has 24 heteroatoms. The third-order valence-electron chi connectivity index (χ3n) is 19.8. The molecule has 4 aromatic carbocycles. The van der Waals surface area contributed by atoms with Crippen LogP contribution in [0.25, 0.3) is 22.8 Å². The number of nitrogens with one attached hydrogen (secondary N) is 4. The number of rotatable bonds is 9. The number of aliphatic imine (C=N–C) groups is 1. The molecule has 16 rings (SSSR count). The summed E-state index contributed by atoms with van der Waals surface area (Å²) in [4.78, 5) is 141. The van der Waals surface area contributed by atoms with Crippen molar-refractivity contribution in [1.29, 1.82) is 0 Å². The molecule has 5 N–H and O–H groups in total. The second-order valence-corrected chi connectivity index (χ2v) is 27.1. The Labute approximate surface area is 613 Å². The molecule has 2 aromatic heterocycles. The fraction of sp³-hybridized carbons (Fsp3) is 0.380. The minimum Gasteiger partial charge on any atom is -0.388 e. The third-order valence-corrected chi connectivity index (χ3v) is 20.8. The van der Waals surface area contributed by atoms with Crippen molar-refractivity contribution in [3.8, 4) is 0 Å². The number of aliphatic hydroxyl groups excluding tert-OH is 1. The highest BCUT2D eigenvalue weighted by Crippen LogP contribution is 2.40. The van der Waals surface area contributed by atoms with Gasteiger partial charge in [0.1, 0.15) is 25.0 Å². The maximum atomic E-state index is 12.8. The van der Waals surface area contributed by atoms with Gasteiger partial charge in [-0.3, -0.25) is 52.7 Å². The van der Waals surface area contributed by atoms with Gasteiger partial charge in [0.05, 0.1) is 60.5 Å². The molecule has 538 valence electrons. The summed E-state index contributed by atoms with van der Waals surface area (Å²) in [6, 6.07) is 23.0. The van der Waals surface area contributed by atoms with Crippen LogP contribution in [0.5, 0.6) is 0 Å². The van der Waals surface area contributed by atoms with E-state index in [1.54, 1.807) is 33.4 Å². The lowest BCUT2D eigenvalue weighted by atomic mass is 9.83. The zero-order valence-corrected chi connectivity index (χ0v) is 60.1. The molecule has 23 nitrogen and oxygen atoms in total. The number of aromatic nitrogens is 4. The summed E-state index contributed by atoms with van der Waals surface area (Å²) < 4.78 is 3.11. The monoisotopic (exact) mass is 1510 g/mol. The van der Waals surface area contributed by atoms with Crippen molar-refractivity contribution in [2.75, 3.05) is 52.4 Å². The normalized spacial score (nSPS) is 18.0. The van der Waals surface area contributed by atoms with Crippen molar-refractivity contribution in [3.63, 3.8) is 0 Å². The summed E-state index contributed by atoms with van der Waals surface area (Å²) in [6.45, 7) is 9.97. The second-order valence-electron chi connectivity index (χ2n) is 26.0. The van der Waals surface area contributed by atoms with E-state index in [2.05, 4.69) is 58.5 Å². The summed E-state index contributed by atoms with van der Waals surface area (Å²) >= 11 is 2.30. The highest BCUT2D eigenvalue weighted by molar-refractivity contribution is 14.1. The Morgan fingerprint density at radius 2 is 1.02 bits per heavy atom. The Morgan fingerprint density at radius 1 is 0.583 bits per heavy atom. The van der Waals surface area contributed by atoms with Crippen molar-refractivity contribution >= 4 is 110 Å². The number of hydrogen-bond acceptors (Lipinski definition) is 14. The summed E-state index contributed by atoms with van der Waals surface area (Å²) in [5.74, 6) is 1.29. The van der Waals surface area contributed by atoms with Gasteiger partial charge in [0.25, 0.3) is 0 Å². The molecule has 10 heterocycles. The minimum atomic E-state index is -0.512. The van der Waals surface area contributed by atoms with Gasteiger partial charge < -0.3 is 50.4 Å². The van der Waals surface area contributed by atoms with Crippen LogP contribution in [-0.4, -0.2) is 162 Å². The number of halogens is 1. The van der Waals surface area contributed by atoms with Crippen molar-refractivity contribution < 1.29 is 53.1 Å². The number of H-pyrrole nitrogens is 1. The Kier molecular flexibility index (Phi) is 25.5. The Bertz CT molecular complexity index is 4420. The molecule has 0 saturated heterocycles. The van der Waals surface area contributed by atoms with Crippen LogP contribution in [0.1, 0.15) is 199 Å². The number of carbonyl (C=O) groups excluding carboxylic acids is 10. The van der Waals surface area contributed by atoms with Gasteiger partial charge in [0.15, 0.2) is 11.6 Å². The standard InChI is InChI=1S/C23H24N4O2.C16H18N2O3.C16H16N2O3.C13H11IN2O2.C7H10N2.C3H6O.CH4/c1-2-21(28)18-8-4-7-17-16(18)9-10-27-20(17)11-22(24-12-23(27)29)26-13-19(25-14-26)15-5-3-6-15;2*1-2-14(19)12-5-3-4-11-10(12)6-7-18-13(11)8-15(20)17-9-16(18)21;14-10-3-1-2-9-8(10)4-5-16-11(9)6-12(17)15-7-13(16)18;1-2-6(3-1)7-4-8-5-9-7;1-2-3-4;/h4,7-8,11,13-15H,2-3,5-6,9-10,12H2,1H3;3-5,8,14,19H,2,6-7,9H2,1H3,(H,17,20);3-5,8H,2,6-7,9H2,1H3,(H,17,20);1-3,6H,4-5,7H2,(H,15,17);4-6H,1-3H2,(H,8,9);3H,2H2,1H3;1H4. The number of aldehydes is 1. The van der Waals surface area contributed by atoms with Crippen molar-refractivity contribution in [2.45, 2.75) is 143 Å². The molecule has 0 spiro atoms. The highest BCUT2D eigenvalue weighted by atomic mass is 127. The van der Waals surface area contributed by atoms with Crippen LogP contribution in [0.4, 0.5) is 0 Å². The van der Waals surface area contributed by atoms with Gasteiger partial charge in [-0.1, -0.05) is 115 Å². The molecule has 6 aromatic rings. The van der Waals surface area contributed by atoms with Crippen LogP contribution in [0.3, 0.4) is 0 Å². The van der Waals surface area contributed by atoms with Crippen molar-refractivity contribution in [3.05, 3.63) is 198 Å². The first-order valence-corrected chi connectivity index (χ1v) is 36.3. The lowest BCUT2D eigenvalue weighted by Crippen LogP contribution is -2.38. The largest absolute Gasteiger partial charge is 0.388 e. The lowest BCUT2D eigenvalue weighted by molar-refractivity contribution is -0.128. The van der Waals surface area contributed by atoms with Gasteiger partial charge in [-0.05, 0) is 114 Å². The molecule has 7 amide bonds. The van der Waals surface area contributed by atoms with Crippen LogP contribution < -0.4 is 16.0 Å². The number of fused-ring (bicyclic) bond motifs is 12. The van der Waals surface area contributed by atoms with Crippen molar-refractivity contribution in [1.82, 2.24) is 55.1 Å². The molecule has 0 bridgehead atoms. The Morgan fingerprint density at radius 3 is 1.47 bits per heavy atom. The van der Waals surface area contributed by atoms with Gasteiger partial charge in [-0.25, -0.2) is 9.97 Å². The van der Waals surface area contributed by atoms with E-state index in [4.69, 9.17) is 0 Å². The number of aliphatic hydroxyl groups is 1. The van der Waals surface area contributed by atoms with Crippen molar-refractivity contribution in [2.24, 2.45) is 4.99 Å². The number of amides is 7. The van der Waals surface area contributed by atoms with Crippen LogP contribution in [0.2, 0.25) is 0 Å². The van der Waals surface area contributed by atoms with E-state index in [0.717, 1.165) is 85.8 Å².